The second-order valence-electron chi connectivity index (χ2n) is 4.35. The van der Waals surface area contributed by atoms with E-state index in [1.807, 2.05) is 0 Å². The third-order valence-electron chi connectivity index (χ3n) is 2.44. The number of nitrogens with one attached hydrogen (secondary N) is 2. The van der Waals surface area contributed by atoms with Crippen LogP contribution in [0.4, 0.5) is 4.79 Å². The number of sulfone groups is 1. The minimum Gasteiger partial charge on any atom is -0.480 e. The first-order valence-electron chi connectivity index (χ1n) is 5.99. The maximum absolute atomic E-state index is 11.6. The van der Waals surface area contributed by atoms with Gasteiger partial charge in [0, 0.05) is 12.5 Å². The predicted octanol–water partition coefficient (Wildman–Crippen LogP) is -0.836. The summed E-state index contributed by atoms with van der Waals surface area (Å²) in [5.74, 6) is -1.62. The molecule has 0 aliphatic rings. The highest BCUT2D eigenvalue weighted by atomic mass is 32.2. The fourth-order valence-electron chi connectivity index (χ4n) is 1.40. The molecule has 1 rings (SSSR count). The number of hydrogen-bond donors (Lipinski definition) is 3. The SMILES string of the molecule is CS(=O)(=O)CCC(NC(=O)NCc1cccnn1)C(=O)O. The Bertz CT molecular complexity index is 590. The summed E-state index contributed by atoms with van der Waals surface area (Å²) in [7, 11) is -3.30. The number of carboxylic acid groups (broad SMARTS) is 1. The molecule has 2 amide bonds. The van der Waals surface area contributed by atoms with Gasteiger partial charge in [0.15, 0.2) is 0 Å². The molecule has 9 nitrogen and oxygen atoms in total. The molecule has 1 heterocycles. The van der Waals surface area contributed by atoms with Crippen molar-refractivity contribution in [2.24, 2.45) is 0 Å². The third-order valence-corrected chi connectivity index (χ3v) is 3.42. The van der Waals surface area contributed by atoms with Gasteiger partial charge in [0.1, 0.15) is 15.9 Å². The van der Waals surface area contributed by atoms with Crippen LogP contribution >= 0.6 is 0 Å². The molecule has 1 unspecified atom stereocenters. The van der Waals surface area contributed by atoms with Gasteiger partial charge >= 0.3 is 12.0 Å². The fourth-order valence-corrected chi connectivity index (χ4v) is 2.06. The Hall–Kier alpha value is -2.23. The second kappa shape index (κ2) is 7.53. The minimum atomic E-state index is -3.30. The lowest BCUT2D eigenvalue weighted by Crippen LogP contribution is -2.46. The Morgan fingerprint density at radius 3 is 2.67 bits per heavy atom. The van der Waals surface area contributed by atoms with Crippen LogP contribution < -0.4 is 10.6 Å². The summed E-state index contributed by atoms with van der Waals surface area (Å²) in [6.45, 7) is 0.0814. The Balaban J connectivity index is 2.47. The monoisotopic (exact) mass is 316 g/mol. The topological polar surface area (TPSA) is 138 Å². The summed E-state index contributed by atoms with van der Waals surface area (Å²) in [6.07, 6.45) is 2.28. The van der Waals surface area contributed by atoms with Crippen LogP contribution in [0.2, 0.25) is 0 Å². The molecule has 0 radical (unpaired) electrons. The molecule has 0 spiro atoms. The lowest BCUT2D eigenvalue weighted by Gasteiger charge is -2.14. The standard InChI is InChI=1S/C11H16N4O5S/c1-21(19,20)6-4-9(10(16)17)14-11(18)12-7-8-3-2-5-13-15-8/h2-3,5,9H,4,6-7H2,1H3,(H,16,17)(H2,12,14,18). The van der Waals surface area contributed by atoms with Crippen molar-refractivity contribution in [3.8, 4) is 0 Å². The lowest BCUT2D eigenvalue weighted by molar-refractivity contribution is -0.139. The number of carbonyl (C=O) groups excluding carboxylic acids is 1. The highest BCUT2D eigenvalue weighted by Crippen LogP contribution is 1.97. The lowest BCUT2D eigenvalue weighted by atomic mass is 10.2. The minimum absolute atomic E-state index is 0.0814. The van der Waals surface area contributed by atoms with Crippen LogP contribution in [0.25, 0.3) is 0 Å². The summed E-state index contributed by atoms with van der Waals surface area (Å²) in [4.78, 5) is 22.5. The Morgan fingerprint density at radius 2 is 2.14 bits per heavy atom. The molecule has 1 aromatic heterocycles. The number of carbonyl (C=O) groups is 2. The third kappa shape index (κ3) is 7.20. The predicted molar refractivity (Wildman–Crippen MR) is 73.2 cm³/mol. The van der Waals surface area contributed by atoms with Crippen molar-refractivity contribution >= 4 is 21.8 Å². The van der Waals surface area contributed by atoms with Crippen molar-refractivity contribution in [2.45, 2.75) is 19.0 Å². The average molecular weight is 316 g/mol. The molecular formula is C11H16N4O5S. The zero-order valence-electron chi connectivity index (χ0n) is 11.3. The number of carboxylic acids is 1. The van der Waals surface area contributed by atoms with E-state index in [9.17, 15) is 18.0 Å². The van der Waals surface area contributed by atoms with Crippen LogP contribution in [0.15, 0.2) is 18.3 Å². The maximum Gasteiger partial charge on any atom is 0.326 e. The molecule has 0 bridgehead atoms. The molecule has 1 atom stereocenters. The average Bonchev–Trinajstić information content (AvgIpc) is 2.41. The van der Waals surface area contributed by atoms with E-state index in [4.69, 9.17) is 5.11 Å². The Morgan fingerprint density at radius 1 is 1.43 bits per heavy atom. The molecule has 21 heavy (non-hydrogen) atoms. The summed E-state index contributed by atoms with van der Waals surface area (Å²) < 4.78 is 22.0. The van der Waals surface area contributed by atoms with E-state index in [0.717, 1.165) is 6.26 Å². The number of hydrogen-bond acceptors (Lipinski definition) is 6. The van der Waals surface area contributed by atoms with Crippen LogP contribution in [0, 0.1) is 0 Å². The van der Waals surface area contributed by atoms with Gasteiger partial charge in [0.2, 0.25) is 0 Å². The van der Waals surface area contributed by atoms with E-state index in [1.54, 1.807) is 12.1 Å². The number of rotatable bonds is 7. The molecular weight excluding hydrogens is 300 g/mol. The molecule has 3 N–H and O–H groups in total. The van der Waals surface area contributed by atoms with E-state index < -0.39 is 27.9 Å². The first-order chi connectivity index (χ1) is 9.78. The number of aromatic nitrogens is 2. The van der Waals surface area contributed by atoms with Crippen molar-refractivity contribution < 1.29 is 23.1 Å². The summed E-state index contributed by atoms with van der Waals surface area (Å²) in [6, 6.07) is 1.29. The van der Waals surface area contributed by atoms with Crippen molar-refractivity contribution in [1.82, 2.24) is 20.8 Å². The molecule has 0 saturated heterocycles. The fraction of sp³-hybridized carbons (Fsp3) is 0.455. The van der Waals surface area contributed by atoms with Crippen LogP contribution in [-0.2, 0) is 21.2 Å². The van der Waals surface area contributed by atoms with Gasteiger partial charge in [-0.2, -0.15) is 10.2 Å². The van der Waals surface area contributed by atoms with Crippen LogP contribution in [0.1, 0.15) is 12.1 Å². The highest BCUT2D eigenvalue weighted by Gasteiger charge is 2.21. The quantitative estimate of drug-likeness (QED) is 0.596. The molecule has 0 aromatic carbocycles. The van der Waals surface area contributed by atoms with E-state index >= 15 is 0 Å². The van der Waals surface area contributed by atoms with Gasteiger partial charge in [-0.05, 0) is 18.6 Å². The smallest absolute Gasteiger partial charge is 0.326 e. The van der Waals surface area contributed by atoms with E-state index in [1.165, 1.54) is 6.20 Å². The molecule has 0 saturated carbocycles. The number of aliphatic carboxylic acids is 1. The van der Waals surface area contributed by atoms with Gasteiger partial charge in [0.05, 0.1) is 18.0 Å². The molecule has 116 valence electrons. The van der Waals surface area contributed by atoms with Crippen molar-refractivity contribution in [1.29, 1.82) is 0 Å². The van der Waals surface area contributed by atoms with Gasteiger partial charge in [-0.3, -0.25) is 0 Å². The molecule has 0 aliphatic heterocycles. The largest absolute Gasteiger partial charge is 0.480 e. The van der Waals surface area contributed by atoms with Crippen molar-refractivity contribution in [3.05, 3.63) is 24.0 Å². The van der Waals surface area contributed by atoms with Gasteiger partial charge in [-0.1, -0.05) is 0 Å². The van der Waals surface area contributed by atoms with Crippen LogP contribution in [-0.4, -0.2) is 53.8 Å². The van der Waals surface area contributed by atoms with Gasteiger partial charge in [0.25, 0.3) is 0 Å². The first-order valence-corrected chi connectivity index (χ1v) is 8.05. The van der Waals surface area contributed by atoms with Crippen molar-refractivity contribution in [2.75, 3.05) is 12.0 Å². The number of nitrogens with zero attached hydrogens (tertiary/aromatic N) is 2. The molecule has 10 heteroatoms. The van der Waals surface area contributed by atoms with Gasteiger partial charge in [-0.25, -0.2) is 18.0 Å². The normalized spacial score (nSPS) is 12.4. The van der Waals surface area contributed by atoms with Crippen molar-refractivity contribution in [3.63, 3.8) is 0 Å². The number of urea groups is 1. The van der Waals surface area contributed by atoms with Crippen LogP contribution in [0.5, 0.6) is 0 Å². The number of amides is 2. The van der Waals surface area contributed by atoms with Crippen LogP contribution in [0.3, 0.4) is 0 Å². The summed E-state index contributed by atoms with van der Waals surface area (Å²) in [5.41, 5.74) is 0.510. The highest BCUT2D eigenvalue weighted by molar-refractivity contribution is 7.90. The zero-order chi connectivity index (χ0) is 15.9. The molecule has 0 fully saturated rings. The van der Waals surface area contributed by atoms with E-state index in [2.05, 4.69) is 20.8 Å². The summed E-state index contributed by atoms with van der Waals surface area (Å²) in [5, 5.41) is 20.9. The zero-order valence-corrected chi connectivity index (χ0v) is 12.1. The second-order valence-corrected chi connectivity index (χ2v) is 6.61. The van der Waals surface area contributed by atoms with E-state index in [-0.39, 0.29) is 18.7 Å². The molecule has 1 aromatic rings. The van der Waals surface area contributed by atoms with Gasteiger partial charge in [-0.15, -0.1) is 0 Å². The first kappa shape index (κ1) is 16.8. The summed E-state index contributed by atoms with van der Waals surface area (Å²) >= 11 is 0. The molecule has 0 aliphatic carbocycles. The Labute approximate surface area is 121 Å². The van der Waals surface area contributed by atoms with Gasteiger partial charge < -0.3 is 15.7 Å². The maximum atomic E-state index is 11.6. The Kier molecular flexibility index (Phi) is 6.03. The van der Waals surface area contributed by atoms with E-state index in [0.29, 0.717) is 5.69 Å².